The van der Waals surface area contributed by atoms with Gasteiger partial charge in [0.05, 0.1) is 0 Å². The maximum absolute atomic E-state index is 5.55. The predicted octanol–water partition coefficient (Wildman–Crippen LogP) is 2.56. The van der Waals surface area contributed by atoms with E-state index in [9.17, 15) is 0 Å². The lowest BCUT2D eigenvalue weighted by atomic mass is 10.1. The number of benzene rings is 1. The van der Waals surface area contributed by atoms with E-state index in [-0.39, 0.29) is 0 Å². The van der Waals surface area contributed by atoms with Crippen LogP contribution in [0, 0.1) is 19.3 Å². The Morgan fingerprint density at radius 1 is 1.38 bits per heavy atom. The average molecular weight is 228 g/mol. The first-order valence-corrected chi connectivity index (χ1v) is 5.79. The summed E-state index contributed by atoms with van der Waals surface area (Å²) in [5.41, 5.74) is 8.50. The molecule has 0 amide bonds. The van der Waals surface area contributed by atoms with Crippen molar-refractivity contribution in [2.24, 2.45) is 5.73 Å². The summed E-state index contributed by atoms with van der Waals surface area (Å²) in [6.45, 7) is 2.55. The number of rotatable bonds is 2. The molecule has 0 aliphatic heterocycles. The summed E-state index contributed by atoms with van der Waals surface area (Å²) in [6, 6.07) is 8.09. The Bertz CT molecular complexity index is 532. The smallest absolute Gasteiger partial charge is 0.127 e. The third kappa shape index (κ3) is 1.99. The highest BCUT2D eigenvalue weighted by atomic mass is 32.1. The number of aromatic nitrogens is 1. The first-order valence-electron chi connectivity index (χ1n) is 4.98. The highest BCUT2D eigenvalue weighted by Gasteiger charge is 2.07. The standard InChI is InChI=1S/C13H12N2S/c1-3-12-9(2)16-13(15-12)11-6-4-10(8-14)5-7-11/h1,4-7H,8,14H2,2H3. The van der Waals surface area contributed by atoms with Crippen molar-refractivity contribution in [1.82, 2.24) is 4.98 Å². The van der Waals surface area contributed by atoms with Crippen LogP contribution >= 0.6 is 11.3 Å². The zero-order chi connectivity index (χ0) is 11.5. The number of thiazole rings is 1. The minimum Gasteiger partial charge on any atom is -0.326 e. The Balaban J connectivity index is 2.39. The molecule has 0 bridgehead atoms. The van der Waals surface area contributed by atoms with Gasteiger partial charge in [-0.3, -0.25) is 0 Å². The number of aryl methyl sites for hydroxylation is 1. The largest absolute Gasteiger partial charge is 0.326 e. The van der Waals surface area contributed by atoms with E-state index in [0.717, 1.165) is 26.7 Å². The van der Waals surface area contributed by atoms with Gasteiger partial charge in [-0.15, -0.1) is 17.8 Å². The normalized spacial score (nSPS) is 10.1. The van der Waals surface area contributed by atoms with Crippen molar-refractivity contribution in [2.45, 2.75) is 13.5 Å². The van der Waals surface area contributed by atoms with Gasteiger partial charge in [0.25, 0.3) is 0 Å². The van der Waals surface area contributed by atoms with E-state index in [4.69, 9.17) is 12.2 Å². The molecule has 0 atom stereocenters. The first-order chi connectivity index (χ1) is 7.74. The summed E-state index contributed by atoms with van der Waals surface area (Å²) < 4.78 is 0. The van der Waals surface area contributed by atoms with Crippen molar-refractivity contribution < 1.29 is 0 Å². The number of hydrogen-bond acceptors (Lipinski definition) is 3. The molecule has 2 aromatic rings. The summed E-state index contributed by atoms with van der Waals surface area (Å²) in [5.74, 6) is 2.59. The lowest BCUT2D eigenvalue weighted by Crippen LogP contribution is -1.95. The molecule has 80 valence electrons. The molecule has 1 aromatic carbocycles. The van der Waals surface area contributed by atoms with Crippen LogP contribution in [0.4, 0.5) is 0 Å². The number of terminal acetylenes is 1. The lowest BCUT2D eigenvalue weighted by molar-refractivity contribution is 1.07. The molecular weight excluding hydrogens is 216 g/mol. The van der Waals surface area contributed by atoms with Gasteiger partial charge in [0, 0.05) is 17.0 Å². The molecular formula is C13H12N2S. The van der Waals surface area contributed by atoms with E-state index >= 15 is 0 Å². The van der Waals surface area contributed by atoms with Crippen molar-refractivity contribution >= 4 is 11.3 Å². The Kier molecular flexibility index (Phi) is 3.04. The Labute approximate surface area is 99.1 Å². The van der Waals surface area contributed by atoms with E-state index in [1.807, 2.05) is 31.2 Å². The number of nitrogens with zero attached hydrogens (tertiary/aromatic N) is 1. The van der Waals surface area contributed by atoms with Gasteiger partial charge in [0.2, 0.25) is 0 Å². The van der Waals surface area contributed by atoms with Crippen molar-refractivity contribution in [3.05, 3.63) is 40.4 Å². The van der Waals surface area contributed by atoms with Crippen molar-refractivity contribution in [1.29, 1.82) is 0 Å². The maximum atomic E-state index is 5.55. The monoisotopic (exact) mass is 228 g/mol. The molecule has 0 saturated carbocycles. The summed E-state index contributed by atoms with van der Waals surface area (Å²) in [5, 5.41) is 0.967. The Morgan fingerprint density at radius 3 is 2.56 bits per heavy atom. The van der Waals surface area contributed by atoms with Gasteiger partial charge in [-0.25, -0.2) is 4.98 Å². The van der Waals surface area contributed by atoms with Crippen LogP contribution in [-0.4, -0.2) is 4.98 Å². The Hall–Kier alpha value is -1.63. The quantitative estimate of drug-likeness (QED) is 0.802. The molecule has 1 aromatic heterocycles. The summed E-state index contributed by atoms with van der Waals surface area (Å²) in [6.07, 6.45) is 5.37. The molecule has 0 spiro atoms. The Morgan fingerprint density at radius 2 is 2.06 bits per heavy atom. The molecule has 0 aliphatic carbocycles. The summed E-state index contributed by atoms with van der Waals surface area (Å²) in [7, 11) is 0. The van der Waals surface area contributed by atoms with Gasteiger partial charge in [-0.2, -0.15) is 0 Å². The fourth-order valence-electron chi connectivity index (χ4n) is 1.44. The second kappa shape index (κ2) is 4.48. The van der Waals surface area contributed by atoms with E-state index in [2.05, 4.69) is 10.9 Å². The maximum Gasteiger partial charge on any atom is 0.127 e. The fraction of sp³-hybridized carbons (Fsp3) is 0.154. The molecule has 16 heavy (non-hydrogen) atoms. The van der Waals surface area contributed by atoms with Crippen LogP contribution in [0.25, 0.3) is 10.6 Å². The summed E-state index contributed by atoms with van der Waals surface area (Å²) >= 11 is 1.62. The molecule has 0 aliphatic rings. The molecule has 0 fully saturated rings. The molecule has 3 heteroatoms. The second-order valence-electron chi connectivity index (χ2n) is 3.47. The molecule has 2 rings (SSSR count). The zero-order valence-electron chi connectivity index (χ0n) is 9.03. The van der Waals surface area contributed by atoms with Crippen LogP contribution in [0.2, 0.25) is 0 Å². The van der Waals surface area contributed by atoms with Gasteiger partial charge in [-0.1, -0.05) is 24.3 Å². The van der Waals surface area contributed by atoms with Gasteiger partial charge in [0.1, 0.15) is 10.7 Å². The predicted molar refractivity (Wildman–Crippen MR) is 68.1 cm³/mol. The molecule has 1 heterocycles. The van der Waals surface area contributed by atoms with Crippen LogP contribution in [0.1, 0.15) is 16.1 Å². The molecule has 2 N–H and O–H groups in total. The van der Waals surface area contributed by atoms with E-state index in [0.29, 0.717) is 6.54 Å². The SMILES string of the molecule is C#Cc1nc(-c2ccc(CN)cc2)sc1C. The lowest BCUT2D eigenvalue weighted by Gasteiger charge is -1.98. The minimum absolute atomic E-state index is 0.562. The number of nitrogens with two attached hydrogens (primary N) is 1. The molecule has 0 radical (unpaired) electrons. The van der Waals surface area contributed by atoms with Crippen LogP contribution in [-0.2, 0) is 6.54 Å². The highest BCUT2D eigenvalue weighted by Crippen LogP contribution is 2.27. The highest BCUT2D eigenvalue weighted by molar-refractivity contribution is 7.15. The van der Waals surface area contributed by atoms with Gasteiger partial charge in [0.15, 0.2) is 0 Å². The molecule has 0 unspecified atom stereocenters. The summed E-state index contributed by atoms with van der Waals surface area (Å²) in [4.78, 5) is 5.49. The molecule has 2 nitrogen and oxygen atoms in total. The topological polar surface area (TPSA) is 38.9 Å². The van der Waals surface area contributed by atoms with Crippen molar-refractivity contribution in [3.8, 4) is 22.9 Å². The van der Waals surface area contributed by atoms with Crippen LogP contribution in [0.5, 0.6) is 0 Å². The second-order valence-corrected chi connectivity index (χ2v) is 4.67. The van der Waals surface area contributed by atoms with Gasteiger partial charge >= 0.3 is 0 Å². The third-order valence-electron chi connectivity index (χ3n) is 2.37. The van der Waals surface area contributed by atoms with E-state index < -0.39 is 0 Å². The first kappa shape index (κ1) is 10.9. The average Bonchev–Trinajstić information content (AvgIpc) is 2.71. The van der Waals surface area contributed by atoms with E-state index in [1.54, 1.807) is 11.3 Å². The van der Waals surface area contributed by atoms with Crippen LogP contribution in [0.15, 0.2) is 24.3 Å². The van der Waals surface area contributed by atoms with E-state index in [1.165, 1.54) is 0 Å². The van der Waals surface area contributed by atoms with Crippen LogP contribution < -0.4 is 5.73 Å². The number of hydrogen-bond donors (Lipinski definition) is 1. The van der Waals surface area contributed by atoms with Gasteiger partial charge in [-0.05, 0) is 18.4 Å². The minimum atomic E-state index is 0.562. The third-order valence-corrected chi connectivity index (χ3v) is 3.39. The van der Waals surface area contributed by atoms with Crippen molar-refractivity contribution in [3.63, 3.8) is 0 Å². The zero-order valence-corrected chi connectivity index (χ0v) is 9.84. The fourth-order valence-corrected chi connectivity index (χ4v) is 2.32. The van der Waals surface area contributed by atoms with Crippen LogP contribution in [0.3, 0.4) is 0 Å². The van der Waals surface area contributed by atoms with Crippen molar-refractivity contribution in [2.75, 3.05) is 0 Å². The molecule has 0 saturated heterocycles. The van der Waals surface area contributed by atoms with Gasteiger partial charge < -0.3 is 5.73 Å².